The zero-order valence-corrected chi connectivity index (χ0v) is 14.3. The first kappa shape index (κ1) is 16.6. The van der Waals surface area contributed by atoms with Crippen molar-refractivity contribution in [1.82, 2.24) is 0 Å². The van der Waals surface area contributed by atoms with Gasteiger partial charge in [-0.05, 0) is 47.2 Å². The fraction of sp³-hybridized carbons (Fsp3) is 0.150. The highest BCUT2D eigenvalue weighted by atomic mass is 16.5. The Morgan fingerprint density at radius 2 is 1.40 bits per heavy atom. The molecule has 25 heavy (non-hydrogen) atoms. The maximum atomic E-state index is 12.6. The molecular weight excluding hydrogens is 318 g/mol. The first-order valence-corrected chi connectivity index (χ1v) is 7.76. The summed E-state index contributed by atoms with van der Waals surface area (Å²) in [4.78, 5) is 12.6. The van der Waals surface area contributed by atoms with Crippen molar-refractivity contribution >= 4 is 22.4 Å². The number of fused-ring (bicyclic) bond motifs is 1. The second kappa shape index (κ2) is 7.13. The van der Waals surface area contributed by atoms with Crippen LogP contribution in [0.25, 0.3) is 10.8 Å². The summed E-state index contributed by atoms with van der Waals surface area (Å²) in [5.74, 6) is 1.78. The van der Waals surface area contributed by atoms with Gasteiger partial charge in [0, 0.05) is 11.6 Å². The van der Waals surface area contributed by atoms with Gasteiger partial charge in [0.2, 0.25) is 0 Å². The number of anilines is 1. The molecule has 0 heterocycles. The molecule has 0 fully saturated rings. The van der Waals surface area contributed by atoms with E-state index >= 15 is 0 Å². The maximum absolute atomic E-state index is 12.6. The van der Waals surface area contributed by atoms with Crippen LogP contribution in [0.4, 0.5) is 5.69 Å². The van der Waals surface area contributed by atoms with E-state index in [9.17, 15) is 4.79 Å². The van der Waals surface area contributed by atoms with Gasteiger partial charge in [-0.25, -0.2) is 0 Å². The summed E-state index contributed by atoms with van der Waals surface area (Å²) in [5.41, 5.74) is 1.15. The summed E-state index contributed by atoms with van der Waals surface area (Å²) < 4.78 is 15.7. The van der Waals surface area contributed by atoms with Crippen LogP contribution in [0.2, 0.25) is 0 Å². The Kier molecular flexibility index (Phi) is 4.75. The predicted octanol–water partition coefficient (Wildman–Crippen LogP) is 4.12. The zero-order valence-electron chi connectivity index (χ0n) is 14.3. The molecule has 0 unspecified atom stereocenters. The van der Waals surface area contributed by atoms with Gasteiger partial charge in [0.25, 0.3) is 5.91 Å². The molecule has 1 amide bonds. The lowest BCUT2D eigenvalue weighted by atomic mass is 10.1. The summed E-state index contributed by atoms with van der Waals surface area (Å²) in [5, 5.41) is 4.85. The largest absolute Gasteiger partial charge is 0.497 e. The van der Waals surface area contributed by atoms with E-state index in [0.29, 0.717) is 22.7 Å². The number of hydrogen-bond acceptors (Lipinski definition) is 4. The van der Waals surface area contributed by atoms with E-state index in [2.05, 4.69) is 5.32 Å². The molecule has 0 spiro atoms. The Hall–Kier alpha value is -3.21. The summed E-state index contributed by atoms with van der Waals surface area (Å²) in [6.45, 7) is 0. The van der Waals surface area contributed by atoms with Crippen LogP contribution in [-0.4, -0.2) is 27.2 Å². The van der Waals surface area contributed by atoms with Gasteiger partial charge in [-0.3, -0.25) is 4.79 Å². The van der Waals surface area contributed by atoms with Crippen molar-refractivity contribution in [2.45, 2.75) is 0 Å². The van der Waals surface area contributed by atoms with Crippen LogP contribution in [0.15, 0.2) is 54.6 Å². The fourth-order valence-electron chi connectivity index (χ4n) is 2.59. The Morgan fingerprint density at radius 1 is 0.760 bits per heavy atom. The summed E-state index contributed by atoms with van der Waals surface area (Å²) in [7, 11) is 4.76. The monoisotopic (exact) mass is 337 g/mol. The molecule has 1 N–H and O–H groups in total. The second-order valence-corrected chi connectivity index (χ2v) is 5.45. The Balaban J connectivity index is 1.87. The average molecular weight is 337 g/mol. The SMILES string of the molecule is COc1ccc(NC(=O)c2ccc3cc(OC)ccc3c2)c(OC)c1. The van der Waals surface area contributed by atoms with Crippen molar-refractivity contribution in [3.8, 4) is 17.2 Å². The van der Waals surface area contributed by atoms with Crippen molar-refractivity contribution in [3.05, 3.63) is 60.2 Å². The number of carbonyl (C=O) groups excluding carboxylic acids is 1. The fourth-order valence-corrected chi connectivity index (χ4v) is 2.59. The third kappa shape index (κ3) is 3.50. The molecule has 0 aliphatic carbocycles. The van der Waals surface area contributed by atoms with Crippen LogP contribution >= 0.6 is 0 Å². The number of amides is 1. The number of methoxy groups -OCH3 is 3. The lowest BCUT2D eigenvalue weighted by Gasteiger charge is -2.12. The molecule has 0 saturated heterocycles. The molecular formula is C20H19NO4. The van der Waals surface area contributed by atoms with Gasteiger partial charge in [-0.1, -0.05) is 12.1 Å². The molecule has 3 aromatic rings. The molecule has 3 aromatic carbocycles. The van der Waals surface area contributed by atoms with E-state index in [4.69, 9.17) is 14.2 Å². The lowest BCUT2D eigenvalue weighted by Crippen LogP contribution is -2.12. The number of rotatable bonds is 5. The van der Waals surface area contributed by atoms with E-state index in [1.165, 1.54) is 0 Å². The average Bonchev–Trinajstić information content (AvgIpc) is 2.67. The van der Waals surface area contributed by atoms with Crippen molar-refractivity contribution < 1.29 is 19.0 Å². The summed E-state index contributed by atoms with van der Waals surface area (Å²) >= 11 is 0. The van der Waals surface area contributed by atoms with Gasteiger partial charge in [-0.2, -0.15) is 0 Å². The summed E-state index contributed by atoms with van der Waals surface area (Å²) in [6, 6.07) is 16.5. The molecule has 128 valence electrons. The molecule has 0 aromatic heterocycles. The van der Waals surface area contributed by atoms with Crippen LogP contribution in [-0.2, 0) is 0 Å². The molecule has 0 aliphatic rings. The number of benzene rings is 3. The molecule has 0 atom stereocenters. The van der Waals surface area contributed by atoms with E-state index < -0.39 is 0 Å². The van der Waals surface area contributed by atoms with Crippen molar-refractivity contribution in [3.63, 3.8) is 0 Å². The molecule has 0 aliphatic heterocycles. The quantitative estimate of drug-likeness (QED) is 0.761. The lowest BCUT2D eigenvalue weighted by molar-refractivity contribution is 0.102. The normalized spacial score (nSPS) is 10.4. The second-order valence-electron chi connectivity index (χ2n) is 5.45. The van der Waals surface area contributed by atoms with Gasteiger partial charge in [0.1, 0.15) is 17.2 Å². The topological polar surface area (TPSA) is 56.8 Å². The molecule has 5 heteroatoms. The van der Waals surface area contributed by atoms with Crippen LogP contribution in [0.5, 0.6) is 17.2 Å². The Labute approximate surface area is 146 Å². The van der Waals surface area contributed by atoms with Crippen molar-refractivity contribution in [1.29, 1.82) is 0 Å². The highest BCUT2D eigenvalue weighted by Crippen LogP contribution is 2.29. The smallest absolute Gasteiger partial charge is 0.255 e. The van der Waals surface area contributed by atoms with Gasteiger partial charge >= 0.3 is 0 Å². The van der Waals surface area contributed by atoms with Crippen molar-refractivity contribution in [2.24, 2.45) is 0 Å². The van der Waals surface area contributed by atoms with Crippen LogP contribution in [0.1, 0.15) is 10.4 Å². The minimum absolute atomic E-state index is 0.207. The maximum Gasteiger partial charge on any atom is 0.255 e. The standard InChI is InChI=1S/C20H19NO4/c1-23-16-7-6-13-10-15(5-4-14(13)11-16)20(22)21-18-9-8-17(24-2)12-19(18)25-3/h4-12H,1-3H3,(H,21,22). The third-order valence-corrected chi connectivity index (χ3v) is 3.97. The molecule has 5 nitrogen and oxygen atoms in total. The van der Waals surface area contributed by atoms with Gasteiger partial charge in [0.15, 0.2) is 0 Å². The Morgan fingerprint density at radius 3 is 2.12 bits per heavy atom. The minimum atomic E-state index is -0.207. The number of carbonyl (C=O) groups is 1. The van der Waals surface area contributed by atoms with Crippen molar-refractivity contribution in [2.75, 3.05) is 26.6 Å². The highest BCUT2D eigenvalue weighted by molar-refractivity contribution is 6.07. The molecule has 3 rings (SSSR count). The predicted molar refractivity (Wildman–Crippen MR) is 98.0 cm³/mol. The van der Waals surface area contributed by atoms with Crippen LogP contribution in [0.3, 0.4) is 0 Å². The first-order valence-electron chi connectivity index (χ1n) is 7.76. The van der Waals surface area contributed by atoms with Gasteiger partial charge in [0.05, 0.1) is 27.0 Å². The van der Waals surface area contributed by atoms with E-state index in [1.54, 1.807) is 45.6 Å². The molecule has 0 radical (unpaired) electrons. The molecule has 0 saturated carbocycles. The first-order chi connectivity index (χ1) is 12.1. The molecule has 0 bridgehead atoms. The van der Waals surface area contributed by atoms with Gasteiger partial charge < -0.3 is 19.5 Å². The van der Waals surface area contributed by atoms with E-state index in [1.807, 2.05) is 30.3 Å². The third-order valence-electron chi connectivity index (χ3n) is 3.97. The van der Waals surface area contributed by atoms with Gasteiger partial charge in [-0.15, -0.1) is 0 Å². The van der Waals surface area contributed by atoms with Crippen LogP contribution < -0.4 is 19.5 Å². The number of hydrogen-bond donors (Lipinski definition) is 1. The zero-order chi connectivity index (χ0) is 17.8. The van der Waals surface area contributed by atoms with E-state index in [-0.39, 0.29) is 5.91 Å². The Bertz CT molecular complexity index is 921. The number of nitrogens with one attached hydrogen (secondary N) is 1. The van der Waals surface area contributed by atoms with Crippen LogP contribution in [0, 0.1) is 0 Å². The minimum Gasteiger partial charge on any atom is -0.497 e. The highest BCUT2D eigenvalue weighted by Gasteiger charge is 2.11. The number of ether oxygens (including phenoxy) is 3. The van der Waals surface area contributed by atoms with E-state index in [0.717, 1.165) is 16.5 Å². The summed E-state index contributed by atoms with van der Waals surface area (Å²) in [6.07, 6.45) is 0.